The van der Waals surface area contributed by atoms with Crippen LogP contribution >= 0.6 is 52.1 Å². The molecular formula is C13H22BrCl2N3OS. The van der Waals surface area contributed by atoms with Crippen molar-refractivity contribution in [3.05, 3.63) is 20.8 Å². The third-order valence-corrected chi connectivity index (χ3v) is 4.93. The van der Waals surface area contributed by atoms with Crippen molar-refractivity contribution in [2.75, 3.05) is 39.8 Å². The number of thiophene rings is 1. The summed E-state index contributed by atoms with van der Waals surface area (Å²) in [6.45, 7) is 5.42. The van der Waals surface area contributed by atoms with Gasteiger partial charge in [0.05, 0.1) is 3.79 Å². The van der Waals surface area contributed by atoms with E-state index >= 15 is 0 Å². The number of amides is 1. The van der Waals surface area contributed by atoms with Gasteiger partial charge in [-0.1, -0.05) is 0 Å². The molecular weight excluding hydrogens is 397 g/mol. The normalized spacial score (nSPS) is 15.2. The molecule has 0 radical (unpaired) electrons. The molecule has 2 heterocycles. The third-order valence-electron chi connectivity index (χ3n) is 3.32. The van der Waals surface area contributed by atoms with Crippen molar-refractivity contribution in [2.24, 2.45) is 0 Å². The van der Waals surface area contributed by atoms with Crippen LogP contribution in [0.15, 0.2) is 15.9 Å². The Morgan fingerprint density at radius 3 is 2.48 bits per heavy atom. The average molecular weight is 419 g/mol. The van der Waals surface area contributed by atoms with Gasteiger partial charge in [-0.2, -0.15) is 0 Å². The Morgan fingerprint density at radius 2 is 1.95 bits per heavy atom. The molecule has 0 bridgehead atoms. The van der Waals surface area contributed by atoms with E-state index in [9.17, 15) is 4.79 Å². The molecule has 4 nitrogen and oxygen atoms in total. The van der Waals surface area contributed by atoms with Gasteiger partial charge in [-0.25, -0.2) is 0 Å². The number of halogens is 3. The quantitative estimate of drug-likeness (QED) is 0.798. The molecule has 0 unspecified atom stereocenters. The highest BCUT2D eigenvalue weighted by atomic mass is 79.9. The number of carbonyl (C=O) groups excluding carboxylic acids is 1. The first-order valence-corrected chi connectivity index (χ1v) is 8.19. The lowest BCUT2D eigenvalue weighted by atomic mass is 10.2. The number of nitrogens with zero attached hydrogens (tertiary/aromatic N) is 2. The van der Waals surface area contributed by atoms with Crippen LogP contribution in [0.3, 0.4) is 0 Å². The van der Waals surface area contributed by atoms with Crippen molar-refractivity contribution in [1.29, 1.82) is 0 Å². The van der Waals surface area contributed by atoms with Crippen LogP contribution in [0.4, 0.5) is 0 Å². The van der Waals surface area contributed by atoms with Gasteiger partial charge in [0.2, 0.25) is 5.91 Å². The monoisotopic (exact) mass is 417 g/mol. The Labute approximate surface area is 151 Å². The molecule has 8 heteroatoms. The zero-order valence-electron chi connectivity index (χ0n) is 12.0. The van der Waals surface area contributed by atoms with Crippen molar-refractivity contribution < 1.29 is 4.79 Å². The molecule has 21 heavy (non-hydrogen) atoms. The minimum absolute atomic E-state index is 0. The second-order valence-corrected chi connectivity index (χ2v) is 7.26. The highest BCUT2D eigenvalue weighted by Crippen LogP contribution is 2.23. The largest absolute Gasteiger partial charge is 0.340 e. The van der Waals surface area contributed by atoms with E-state index in [0.29, 0.717) is 6.42 Å². The SMILES string of the molecule is CNCCC(=O)N1CCN(Cc2ccc(Br)s2)CC1.Cl.Cl. The van der Waals surface area contributed by atoms with Gasteiger partial charge >= 0.3 is 0 Å². The molecule has 1 saturated heterocycles. The maximum atomic E-state index is 11.9. The lowest BCUT2D eigenvalue weighted by molar-refractivity contribution is -0.132. The van der Waals surface area contributed by atoms with E-state index in [2.05, 4.69) is 38.3 Å². The number of hydrogen-bond donors (Lipinski definition) is 1. The molecule has 1 aliphatic rings. The lowest BCUT2D eigenvalue weighted by Crippen LogP contribution is -2.48. The van der Waals surface area contributed by atoms with Crippen LogP contribution in [0.5, 0.6) is 0 Å². The topological polar surface area (TPSA) is 35.6 Å². The van der Waals surface area contributed by atoms with Crippen LogP contribution in [0.2, 0.25) is 0 Å². The van der Waals surface area contributed by atoms with Crippen LogP contribution in [0, 0.1) is 0 Å². The average Bonchev–Trinajstić information content (AvgIpc) is 2.82. The number of hydrogen-bond acceptors (Lipinski definition) is 4. The molecule has 1 aromatic rings. The van der Waals surface area contributed by atoms with E-state index in [1.165, 1.54) is 8.66 Å². The molecule has 1 aliphatic heterocycles. The van der Waals surface area contributed by atoms with Gasteiger partial charge in [0.15, 0.2) is 0 Å². The first kappa shape index (κ1) is 21.1. The highest BCUT2D eigenvalue weighted by molar-refractivity contribution is 9.11. The van der Waals surface area contributed by atoms with Crippen LogP contribution < -0.4 is 5.32 Å². The first-order valence-electron chi connectivity index (χ1n) is 6.58. The Hall–Kier alpha value is 0.150. The van der Waals surface area contributed by atoms with Gasteiger partial charge < -0.3 is 10.2 Å². The molecule has 0 spiro atoms. The molecule has 1 N–H and O–H groups in total. The summed E-state index contributed by atoms with van der Waals surface area (Å²) in [5.41, 5.74) is 0. The van der Waals surface area contributed by atoms with Crippen molar-refractivity contribution in [2.45, 2.75) is 13.0 Å². The van der Waals surface area contributed by atoms with Gasteiger partial charge in [-0.05, 0) is 35.1 Å². The number of nitrogens with one attached hydrogen (secondary N) is 1. The van der Waals surface area contributed by atoms with E-state index in [1.807, 2.05) is 11.9 Å². The van der Waals surface area contributed by atoms with Crippen molar-refractivity contribution in [1.82, 2.24) is 15.1 Å². The third kappa shape index (κ3) is 6.84. The Morgan fingerprint density at radius 1 is 1.29 bits per heavy atom. The second kappa shape index (κ2) is 10.8. The number of carbonyl (C=O) groups is 1. The van der Waals surface area contributed by atoms with E-state index in [-0.39, 0.29) is 30.7 Å². The molecule has 0 aromatic carbocycles. The number of rotatable bonds is 5. The Balaban J connectivity index is 0.00000200. The molecule has 1 fully saturated rings. The zero-order chi connectivity index (χ0) is 13.7. The van der Waals surface area contributed by atoms with Gasteiger partial charge in [-0.3, -0.25) is 9.69 Å². The van der Waals surface area contributed by atoms with E-state index in [1.54, 1.807) is 11.3 Å². The van der Waals surface area contributed by atoms with Crippen LogP contribution in [-0.2, 0) is 11.3 Å². The van der Waals surface area contributed by atoms with Gasteiger partial charge in [0.1, 0.15) is 0 Å². The fourth-order valence-corrected chi connectivity index (χ4v) is 3.73. The number of piperazine rings is 1. The summed E-state index contributed by atoms with van der Waals surface area (Å²) in [4.78, 5) is 17.7. The molecule has 2 rings (SSSR count). The molecule has 0 atom stereocenters. The predicted molar refractivity (Wildman–Crippen MR) is 96.9 cm³/mol. The Kier molecular flexibility index (Phi) is 10.9. The first-order chi connectivity index (χ1) is 9.19. The minimum Gasteiger partial charge on any atom is -0.340 e. The summed E-state index contributed by atoms with van der Waals surface area (Å²) >= 11 is 5.28. The van der Waals surface area contributed by atoms with Crippen molar-refractivity contribution in [3.63, 3.8) is 0 Å². The summed E-state index contributed by atoms with van der Waals surface area (Å²) in [5.74, 6) is 0.271. The maximum Gasteiger partial charge on any atom is 0.223 e. The second-order valence-electron chi connectivity index (χ2n) is 4.72. The molecule has 1 amide bonds. The molecule has 122 valence electrons. The molecule has 0 aliphatic carbocycles. The summed E-state index contributed by atoms with van der Waals surface area (Å²) < 4.78 is 1.18. The minimum atomic E-state index is 0. The van der Waals surface area contributed by atoms with E-state index < -0.39 is 0 Å². The summed E-state index contributed by atoms with van der Waals surface area (Å²) in [6, 6.07) is 4.26. The lowest BCUT2D eigenvalue weighted by Gasteiger charge is -2.34. The smallest absolute Gasteiger partial charge is 0.223 e. The standard InChI is InChI=1S/C13H20BrN3OS.2ClH/c1-15-5-4-13(18)17-8-6-16(7-9-17)10-11-2-3-12(14)19-11;;/h2-3,15H,4-10H2,1H3;2*1H. The predicted octanol–water partition coefficient (Wildman–Crippen LogP) is 2.61. The summed E-state index contributed by atoms with van der Waals surface area (Å²) in [7, 11) is 1.88. The van der Waals surface area contributed by atoms with Gasteiger partial charge in [0.25, 0.3) is 0 Å². The summed E-state index contributed by atoms with van der Waals surface area (Å²) in [5, 5.41) is 3.02. The van der Waals surface area contributed by atoms with Crippen molar-refractivity contribution in [3.8, 4) is 0 Å². The fourth-order valence-electron chi connectivity index (χ4n) is 2.20. The van der Waals surface area contributed by atoms with Crippen LogP contribution in [0.1, 0.15) is 11.3 Å². The van der Waals surface area contributed by atoms with Gasteiger partial charge in [0, 0.05) is 50.6 Å². The van der Waals surface area contributed by atoms with Gasteiger partial charge in [-0.15, -0.1) is 36.2 Å². The van der Waals surface area contributed by atoms with Crippen molar-refractivity contribution >= 4 is 58.0 Å². The Bertz CT molecular complexity index is 425. The van der Waals surface area contributed by atoms with E-state index in [4.69, 9.17) is 0 Å². The summed E-state index contributed by atoms with van der Waals surface area (Å²) in [6.07, 6.45) is 0.606. The molecule has 0 saturated carbocycles. The van der Waals surface area contributed by atoms with E-state index in [0.717, 1.165) is 39.3 Å². The molecule has 1 aromatic heterocycles. The van der Waals surface area contributed by atoms with Crippen LogP contribution in [0.25, 0.3) is 0 Å². The maximum absolute atomic E-state index is 11.9. The highest BCUT2D eigenvalue weighted by Gasteiger charge is 2.20. The van der Waals surface area contributed by atoms with Crippen LogP contribution in [-0.4, -0.2) is 55.5 Å². The fraction of sp³-hybridized carbons (Fsp3) is 0.615. The zero-order valence-corrected chi connectivity index (χ0v) is 16.0.